The molecule has 0 amide bonds. The number of carboxylic acids is 1. The Balaban J connectivity index is 2.08. The minimum Gasteiger partial charge on any atom is -0.478 e. The Morgan fingerprint density at radius 1 is 1.33 bits per heavy atom. The maximum absolute atomic E-state index is 11.3. The highest BCUT2D eigenvalue weighted by atomic mass is 16.4. The largest absolute Gasteiger partial charge is 0.478 e. The molecule has 0 spiro atoms. The second-order valence-electron chi connectivity index (χ2n) is 10.4. The summed E-state index contributed by atoms with van der Waals surface area (Å²) in [5, 5.41) is 9.30. The number of aliphatic carboxylic acids is 1. The van der Waals surface area contributed by atoms with Gasteiger partial charge in [-0.15, -0.1) is 0 Å². The van der Waals surface area contributed by atoms with Gasteiger partial charge >= 0.3 is 5.97 Å². The third kappa shape index (κ3) is 4.69. The van der Waals surface area contributed by atoms with Crippen molar-refractivity contribution in [3.05, 3.63) is 52.9 Å². The second kappa shape index (κ2) is 8.05. The maximum Gasteiger partial charge on any atom is 0.336 e. The number of anilines is 1. The lowest BCUT2D eigenvalue weighted by atomic mass is 9.80. The smallest absolute Gasteiger partial charge is 0.336 e. The molecule has 1 fully saturated rings. The third-order valence-corrected chi connectivity index (χ3v) is 6.47. The number of carboxylic acid groups (broad SMARTS) is 1. The van der Waals surface area contributed by atoms with Gasteiger partial charge in [-0.25, -0.2) is 9.79 Å². The molecule has 0 aliphatic heterocycles. The monoisotopic (exact) mass is 408 g/mol. The minimum absolute atomic E-state index is 0.0414. The van der Waals surface area contributed by atoms with Crippen LogP contribution in [-0.4, -0.2) is 23.8 Å². The van der Waals surface area contributed by atoms with Gasteiger partial charge in [-0.1, -0.05) is 53.3 Å². The molecule has 0 radical (unpaired) electrons. The van der Waals surface area contributed by atoms with Crippen LogP contribution in [0.3, 0.4) is 0 Å². The molecule has 0 bridgehead atoms. The summed E-state index contributed by atoms with van der Waals surface area (Å²) in [6.07, 6.45) is 7.63. The predicted octanol–water partition coefficient (Wildman–Crippen LogP) is 6.00. The van der Waals surface area contributed by atoms with E-state index in [-0.39, 0.29) is 16.4 Å². The molecule has 4 nitrogen and oxygen atoms in total. The summed E-state index contributed by atoms with van der Waals surface area (Å²) in [6, 6.07) is 4.71. The number of rotatable bonds is 7. The molecule has 0 unspecified atom stereocenters. The number of carbonyl (C=O) groups is 1. The van der Waals surface area contributed by atoms with Crippen molar-refractivity contribution in [2.24, 2.45) is 10.9 Å². The molecule has 1 aromatic carbocycles. The molecule has 0 saturated heterocycles. The molecular formula is C26H36N2O2. The van der Waals surface area contributed by atoms with Crippen LogP contribution in [0.4, 0.5) is 5.69 Å². The second-order valence-corrected chi connectivity index (χ2v) is 10.4. The topological polar surface area (TPSA) is 52.9 Å². The van der Waals surface area contributed by atoms with Crippen LogP contribution in [0.25, 0.3) is 0 Å². The molecule has 4 heteroatoms. The molecule has 1 N–H and O–H groups in total. The quantitative estimate of drug-likeness (QED) is 0.445. The highest BCUT2D eigenvalue weighted by Gasteiger charge is 2.36. The first-order valence-corrected chi connectivity index (χ1v) is 11.0. The number of aliphatic imine (C=N–C) groups is 1. The summed E-state index contributed by atoms with van der Waals surface area (Å²) >= 11 is 0. The summed E-state index contributed by atoms with van der Waals surface area (Å²) in [5.74, 6) is 0.293. The summed E-state index contributed by atoms with van der Waals surface area (Å²) in [4.78, 5) is 18.1. The highest BCUT2D eigenvalue weighted by molar-refractivity contribution is 6.08. The van der Waals surface area contributed by atoms with Gasteiger partial charge in [0, 0.05) is 18.4 Å². The zero-order valence-corrected chi connectivity index (χ0v) is 19.4. The van der Waals surface area contributed by atoms with Gasteiger partial charge in [-0.05, 0) is 72.1 Å². The zero-order chi connectivity index (χ0) is 22.3. The van der Waals surface area contributed by atoms with Crippen LogP contribution in [0.1, 0.15) is 77.5 Å². The van der Waals surface area contributed by atoms with Gasteiger partial charge in [-0.2, -0.15) is 0 Å². The lowest BCUT2D eigenvalue weighted by molar-refractivity contribution is -0.132. The van der Waals surface area contributed by atoms with Gasteiger partial charge < -0.3 is 10.0 Å². The van der Waals surface area contributed by atoms with E-state index in [1.54, 1.807) is 13.0 Å². The highest BCUT2D eigenvalue weighted by Crippen LogP contribution is 2.46. The Kier molecular flexibility index (Phi) is 5.99. The number of nitrogens with zero attached hydrogens (tertiary/aromatic N) is 2. The van der Waals surface area contributed by atoms with E-state index in [0.29, 0.717) is 11.7 Å². The lowest BCUT2D eigenvalue weighted by Gasteiger charge is -2.31. The van der Waals surface area contributed by atoms with Crippen LogP contribution in [0, 0.1) is 5.92 Å². The maximum atomic E-state index is 11.3. The van der Waals surface area contributed by atoms with Crippen molar-refractivity contribution in [1.82, 2.24) is 0 Å². The molecular weight excluding hydrogens is 372 g/mol. The van der Waals surface area contributed by atoms with E-state index in [2.05, 4.69) is 63.2 Å². The fraction of sp³-hybridized carbons (Fsp3) is 0.538. The predicted molar refractivity (Wildman–Crippen MR) is 126 cm³/mol. The van der Waals surface area contributed by atoms with Crippen LogP contribution in [-0.2, 0) is 22.0 Å². The molecule has 1 aromatic rings. The van der Waals surface area contributed by atoms with Gasteiger partial charge in [-0.3, -0.25) is 0 Å². The standard InChI is InChI=1S/C26H36N2O2/c1-8-19(24(29)30)15-27-17(2)28(16-18-9-10-18)23-14-20(25(3,4)5)13-22-21(23)11-12-26(22,6)7/h8,13-15,18H,2,9-12,16H2,1,3-7H3,(H,29,30)/b19-8+,27-15?. The van der Waals surface area contributed by atoms with E-state index in [1.807, 2.05) is 0 Å². The van der Waals surface area contributed by atoms with Crippen LogP contribution in [0.5, 0.6) is 0 Å². The Hall–Kier alpha value is -2.36. The van der Waals surface area contributed by atoms with E-state index in [4.69, 9.17) is 0 Å². The summed E-state index contributed by atoms with van der Waals surface area (Å²) in [5.41, 5.74) is 5.73. The van der Waals surface area contributed by atoms with E-state index in [1.165, 1.54) is 41.4 Å². The average Bonchev–Trinajstić information content (AvgIpc) is 3.42. The van der Waals surface area contributed by atoms with Gasteiger partial charge in [0.1, 0.15) is 5.82 Å². The number of allylic oxidation sites excluding steroid dienone is 1. The fourth-order valence-corrected chi connectivity index (χ4v) is 4.14. The molecule has 162 valence electrons. The van der Waals surface area contributed by atoms with Crippen molar-refractivity contribution in [1.29, 1.82) is 0 Å². The Labute approximate surface area is 181 Å². The fourth-order valence-electron chi connectivity index (χ4n) is 4.14. The van der Waals surface area contributed by atoms with Crippen molar-refractivity contribution < 1.29 is 9.90 Å². The SMILES string of the molecule is C=C(N=C/C(=C\C)C(=O)O)N(CC1CC1)c1cc(C(C)(C)C)cc2c1CCC2(C)C. The zero-order valence-electron chi connectivity index (χ0n) is 19.4. The van der Waals surface area contributed by atoms with E-state index >= 15 is 0 Å². The molecule has 0 heterocycles. The number of benzene rings is 1. The Morgan fingerprint density at radius 3 is 2.53 bits per heavy atom. The summed E-state index contributed by atoms with van der Waals surface area (Å²) in [7, 11) is 0. The first kappa shape index (κ1) is 22.3. The van der Waals surface area contributed by atoms with Crippen molar-refractivity contribution in [2.75, 3.05) is 11.4 Å². The molecule has 2 aliphatic carbocycles. The van der Waals surface area contributed by atoms with Crippen LogP contribution in [0.2, 0.25) is 0 Å². The van der Waals surface area contributed by atoms with E-state index in [0.717, 1.165) is 19.4 Å². The third-order valence-electron chi connectivity index (χ3n) is 6.47. The van der Waals surface area contributed by atoms with Crippen LogP contribution >= 0.6 is 0 Å². The van der Waals surface area contributed by atoms with E-state index < -0.39 is 5.97 Å². The summed E-state index contributed by atoms with van der Waals surface area (Å²) in [6.45, 7) is 18.3. The van der Waals surface area contributed by atoms with Crippen molar-refractivity contribution in [3.63, 3.8) is 0 Å². The van der Waals surface area contributed by atoms with Crippen molar-refractivity contribution >= 4 is 17.9 Å². The van der Waals surface area contributed by atoms with E-state index in [9.17, 15) is 9.90 Å². The number of fused-ring (bicyclic) bond motifs is 1. The summed E-state index contributed by atoms with van der Waals surface area (Å²) < 4.78 is 0. The number of hydrogen-bond donors (Lipinski definition) is 1. The Morgan fingerprint density at radius 2 is 2.00 bits per heavy atom. The first-order chi connectivity index (χ1) is 13.9. The lowest BCUT2D eigenvalue weighted by Crippen LogP contribution is -2.26. The molecule has 30 heavy (non-hydrogen) atoms. The van der Waals surface area contributed by atoms with Gasteiger partial charge in [0.25, 0.3) is 0 Å². The normalized spacial score (nSPS) is 18.5. The van der Waals surface area contributed by atoms with Crippen molar-refractivity contribution in [2.45, 2.75) is 78.1 Å². The van der Waals surface area contributed by atoms with Crippen LogP contribution in [0.15, 0.2) is 41.2 Å². The molecule has 2 aliphatic rings. The van der Waals surface area contributed by atoms with Gasteiger partial charge in [0.2, 0.25) is 0 Å². The first-order valence-electron chi connectivity index (χ1n) is 11.0. The molecule has 0 aromatic heterocycles. The number of hydrogen-bond acceptors (Lipinski definition) is 3. The molecule has 1 saturated carbocycles. The van der Waals surface area contributed by atoms with Crippen molar-refractivity contribution in [3.8, 4) is 0 Å². The average molecular weight is 409 g/mol. The molecule has 0 atom stereocenters. The molecule has 3 rings (SSSR count). The minimum atomic E-state index is -0.972. The Bertz CT molecular complexity index is 912. The van der Waals surface area contributed by atoms with Crippen LogP contribution < -0.4 is 4.90 Å². The van der Waals surface area contributed by atoms with Gasteiger partial charge in [0.15, 0.2) is 0 Å². The van der Waals surface area contributed by atoms with Gasteiger partial charge in [0.05, 0.1) is 5.57 Å².